The van der Waals surface area contributed by atoms with Crippen LogP contribution in [-0.2, 0) is 11.3 Å². The molecule has 4 nitrogen and oxygen atoms in total. The Morgan fingerprint density at radius 3 is 2.70 bits per heavy atom. The number of amides is 2. The second-order valence-electron chi connectivity index (χ2n) is 5.58. The van der Waals surface area contributed by atoms with Gasteiger partial charge in [0.1, 0.15) is 11.6 Å². The lowest BCUT2D eigenvalue weighted by Crippen LogP contribution is -2.28. The van der Waals surface area contributed by atoms with Crippen LogP contribution in [0.4, 0.5) is 9.18 Å². The molecule has 0 aliphatic carbocycles. The Hall–Kier alpha value is -2.02. The van der Waals surface area contributed by atoms with Crippen molar-refractivity contribution in [3.63, 3.8) is 0 Å². The van der Waals surface area contributed by atoms with E-state index in [0.29, 0.717) is 22.9 Å². The summed E-state index contributed by atoms with van der Waals surface area (Å²) in [5.41, 5.74) is 0.680. The van der Waals surface area contributed by atoms with Gasteiger partial charge in [0.05, 0.1) is 18.1 Å². The van der Waals surface area contributed by atoms with E-state index in [1.165, 1.54) is 18.2 Å². The Morgan fingerprint density at radius 2 is 2.00 bits per heavy atom. The Morgan fingerprint density at radius 1 is 1.22 bits per heavy atom. The van der Waals surface area contributed by atoms with Crippen LogP contribution < -0.4 is 4.74 Å². The number of carbonyl (C=O) groups excluding carboxylic acids is 2. The first-order valence-corrected chi connectivity index (χ1v) is 9.58. The third-order valence-electron chi connectivity index (χ3n) is 3.81. The zero-order chi connectivity index (χ0) is 19.6. The summed E-state index contributed by atoms with van der Waals surface area (Å²) < 4.78 is 19.5. The standard InChI is InChI=1S/C19H14Cl2FNO3S/c1-2-26-16-7-6-12(20)8-11(16)9-17-18(24)23(19(25)27-17)10-13-14(21)4-3-5-15(13)22/h3-9H,2,10H2,1H3/b17-9-. The fraction of sp³-hybridized carbons (Fsp3) is 0.158. The van der Waals surface area contributed by atoms with Crippen molar-refractivity contribution in [1.29, 1.82) is 0 Å². The van der Waals surface area contributed by atoms with Gasteiger partial charge in [-0.25, -0.2) is 4.39 Å². The zero-order valence-electron chi connectivity index (χ0n) is 14.2. The number of benzene rings is 2. The summed E-state index contributed by atoms with van der Waals surface area (Å²) in [6.45, 7) is 2.04. The summed E-state index contributed by atoms with van der Waals surface area (Å²) in [5, 5.41) is 0.138. The largest absolute Gasteiger partial charge is 0.493 e. The SMILES string of the molecule is CCOc1ccc(Cl)cc1/C=C1\SC(=O)N(Cc2c(F)cccc2Cl)C1=O. The third-order valence-corrected chi connectivity index (χ3v) is 5.31. The number of thioether (sulfide) groups is 1. The first kappa shape index (κ1) is 19.7. The molecule has 1 fully saturated rings. The van der Waals surface area contributed by atoms with E-state index in [2.05, 4.69) is 0 Å². The van der Waals surface area contributed by atoms with Crippen molar-refractivity contribution in [2.24, 2.45) is 0 Å². The van der Waals surface area contributed by atoms with E-state index in [-0.39, 0.29) is 22.0 Å². The summed E-state index contributed by atoms with van der Waals surface area (Å²) >= 11 is 12.8. The molecule has 0 radical (unpaired) electrons. The fourth-order valence-corrected chi connectivity index (χ4v) is 3.77. The van der Waals surface area contributed by atoms with Crippen LogP contribution in [-0.4, -0.2) is 22.7 Å². The van der Waals surface area contributed by atoms with Gasteiger partial charge in [0, 0.05) is 21.2 Å². The highest BCUT2D eigenvalue weighted by Gasteiger charge is 2.36. The molecule has 0 bridgehead atoms. The second kappa shape index (κ2) is 8.33. The highest BCUT2D eigenvalue weighted by atomic mass is 35.5. The fourth-order valence-electron chi connectivity index (χ4n) is 2.54. The molecular weight excluding hydrogens is 412 g/mol. The van der Waals surface area contributed by atoms with Crippen LogP contribution in [0.15, 0.2) is 41.3 Å². The van der Waals surface area contributed by atoms with Crippen molar-refractivity contribution in [3.05, 3.63) is 68.3 Å². The van der Waals surface area contributed by atoms with E-state index >= 15 is 0 Å². The molecule has 1 aliphatic rings. The summed E-state index contributed by atoms with van der Waals surface area (Å²) in [5.74, 6) is -0.545. The number of carbonyl (C=O) groups is 2. The van der Waals surface area contributed by atoms with Gasteiger partial charge in [0.2, 0.25) is 0 Å². The van der Waals surface area contributed by atoms with Crippen LogP contribution in [0.1, 0.15) is 18.1 Å². The molecule has 0 saturated carbocycles. The van der Waals surface area contributed by atoms with Gasteiger partial charge in [-0.3, -0.25) is 14.5 Å². The second-order valence-corrected chi connectivity index (χ2v) is 7.42. The normalized spacial score (nSPS) is 15.7. The van der Waals surface area contributed by atoms with Crippen LogP contribution >= 0.6 is 35.0 Å². The van der Waals surface area contributed by atoms with E-state index in [0.717, 1.165) is 16.7 Å². The minimum absolute atomic E-state index is 0.0977. The van der Waals surface area contributed by atoms with Crippen LogP contribution in [0.2, 0.25) is 10.0 Å². The van der Waals surface area contributed by atoms with Gasteiger partial charge in [-0.15, -0.1) is 0 Å². The molecule has 2 aromatic carbocycles. The lowest BCUT2D eigenvalue weighted by molar-refractivity contribution is -0.123. The van der Waals surface area contributed by atoms with Crippen molar-refractivity contribution >= 4 is 52.2 Å². The van der Waals surface area contributed by atoms with Gasteiger partial charge >= 0.3 is 0 Å². The summed E-state index contributed by atoms with van der Waals surface area (Å²) in [6.07, 6.45) is 1.55. The molecule has 0 aromatic heterocycles. The molecule has 0 unspecified atom stereocenters. The van der Waals surface area contributed by atoms with Gasteiger partial charge < -0.3 is 4.74 Å². The van der Waals surface area contributed by atoms with E-state index < -0.39 is 17.0 Å². The minimum Gasteiger partial charge on any atom is -0.493 e. The molecule has 0 spiro atoms. The molecule has 27 heavy (non-hydrogen) atoms. The van der Waals surface area contributed by atoms with Crippen LogP contribution in [0, 0.1) is 5.82 Å². The number of imide groups is 1. The number of nitrogens with zero attached hydrogens (tertiary/aromatic N) is 1. The Kier molecular flexibility index (Phi) is 6.09. The third kappa shape index (κ3) is 4.29. The van der Waals surface area contributed by atoms with Crippen molar-refractivity contribution in [2.45, 2.75) is 13.5 Å². The van der Waals surface area contributed by atoms with Gasteiger partial charge in [-0.05, 0) is 55.1 Å². The molecule has 1 saturated heterocycles. The van der Waals surface area contributed by atoms with Crippen molar-refractivity contribution in [3.8, 4) is 5.75 Å². The van der Waals surface area contributed by atoms with Crippen LogP contribution in [0.25, 0.3) is 6.08 Å². The molecule has 3 rings (SSSR count). The van der Waals surface area contributed by atoms with E-state index in [1.807, 2.05) is 6.92 Å². The smallest absolute Gasteiger partial charge is 0.293 e. The maximum Gasteiger partial charge on any atom is 0.293 e. The lowest BCUT2D eigenvalue weighted by Gasteiger charge is -2.14. The molecule has 1 heterocycles. The number of rotatable bonds is 5. The molecule has 8 heteroatoms. The van der Waals surface area contributed by atoms with E-state index in [9.17, 15) is 14.0 Å². The summed E-state index contributed by atoms with van der Waals surface area (Å²) in [6, 6.07) is 9.22. The van der Waals surface area contributed by atoms with Crippen LogP contribution in [0.3, 0.4) is 0 Å². The number of halogens is 3. The Balaban J connectivity index is 1.90. The zero-order valence-corrected chi connectivity index (χ0v) is 16.5. The van der Waals surface area contributed by atoms with Crippen molar-refractivity contribution in [1.82, 2.24) is 4.90 Å². The molecule has 2 amide bonds. The van der Waals surface area contributed by atoms with Crippen molar-refractivity contribution in [2.75, 3.05) is 6.61 Å². The topological polar surface area (TPSA) is 46.6 Å². The van der Waals surface area contributed by atoms with Gasteiger partial charge in [-0.2, -0.15) is 0 Å². The number of hydrogen-bond acceptors (Lipinski definition) is 4. The predicted octanol–water partition coefficient (Wildman–Crippen LogP) is 5.77. The molecule has 0 atom stereocenters. The molecule has 140 valence electrons. The Bertz CT molecular complexity index is 928. The Labute approximate surface area is 169 Å². The molecule has 0 N–H and O–H groups in total. The number of ether oxygens (including phenoxy) is 1. The van der Waals surface area contributed by atoms with Crippen molar-refractivity contribution < 1.29 is 18.7 Å². The average Bonchev–Trinajstić information content (AvgIpc) is 2.88. The highest BCUT2D eigenvalue weighted by molar-refractivity contribution is 8.18. The maximum absolute atomic E-state index is 14.0. The van der Waals surface area contributed by atoms with Gasteiger partial charge in [0.15, 0.2) is 0 Å². The van der Waals surface area contributed by atoms with Gasteiger partial charge in [-0.1, -0.05) is 29.3 Å². The van der Waals surface area contributed by atoms with E-state index in [4.69, 9.17) is 27.9 Å². The highest BCUT2D eigenvalue weighted by Crippen LogP contribution is 2.36. The van der Waals surface area contributed by atoms with Gasteiger partial charge in [0.25, 0.3) is 11.1 Å². The first-order chi connectivity index (χ1) is 12.9. The maximum atomic E-state index is 14.0. The number of hydrogen-bond donors (Lipinski definition) is 0. The summed E-state index contributed by atoms with van der Waals surface area (Å²) in [4.78, 5) is 26.1. The molecule has 2 aromatic rings. The minimum atomic E-state index is -0.570. The molecular formula is C19H14Cl2FNO3S. The summed E-state index contributed by atoms with van der Waals surface area (Å²) in [7, 11) is 0. The van der Waals surface area contributed by atoms with E-state index in [1.54, 1.807) is 24.3 Å². The lowest BCUT2D eigenvalue weighted by atomic mass is 10.1. The monoisotopic (exact) mass is 425 g/mol. The van der Waals surface area contributed by atoms with Crippen LogP contribution in [0.5, 0.6) is 5.75 Å². The molecule has 1 aliphatic heterocycles. The average molecular weight is 426 g/mol. The quantitative estimate of drug-likeness (QED) is 0.570. The predicted molar refractivity (Wildman–Crippen MR) is 106 cm³/mol. The first-order valence-electron chi connectivity index (χ1n) is 8.01.